The molecule has 0 aromatic heterocycles. The molecular formula is C13H7ClFIN2. The number of nitrogens with zero attached hydrogens (tertiary/aromatic N) is 1. The van der Waals surface area contributed by atoms with E-state index < -0.39 is 0 Å². The molecule has 0 unspecified atom stereocenters. The summed E-state index contributed by atoms with van der Waals surface area (Å²) >= 11 is 8.09. The molecule has 0 saturated heterocycles. The van der Waals surface area contributed by atoms with Crippen molar-refractivity contribution in [1.29, 1.82) is 5.26 Å². The van der Waals surface area contributed by atoms with E-state index >= 15 is 0 Å². The first-order valence-corrected chi connectivity index (χ1v) is 6.47. The van der Waals surface area contributed by atoms with Crippen LogP contribution in [-0.2, 0) is 0 Å². The number of hydrogen-bond acceptors (Lipinski definition) is 2. The van der Waals surface area contributed by atoms with Crippen molar-refractivity contribution in [2.75, 3.05) is 5.32 Å². The lowest BCUT2D eigenvalue weighted by atomic mass is 10.2. The first kappa shape index (κ1) is 13.1. The Bertz CT molecular complexity index is 637. The van der Waals surface area contributed by atoms with Crippen LogP contribution < -0.4 is 5.32 Å². The van der Waals surface area contributed by atoms with Crippen LogP contribution in [0.4, 0.5) is 15.8 Å². The van der Waals surface area contributed by atoms with Gasteiger partial charge >= 0.3 is 0 Å². The molecule has 18 heavy (non-hydrogen) atoms. The van der Waals surface area contributed by atoms with Gasteiger partial charge in [-0.2, -0.15) is 5.26 Å². The second-order valence-electron chi connectivity index (χ2n) is 3.56. The fraction of sp³-hybridized carbons (Fsp3) is 0. The molecule has 2 aromatic carbocycles. The maximum atomic E-state index is 13.0. The third kappa shape index (κ3) is 2.92. The first-order valence-electron chi connectivity index (χ1n) is 5.02. The van der Waals surface area contributed by atoms with Crippen molar-refractivity contribution in [3.8, 4) is 6.07 Å². The fourth-order valence-electron chi connectivity index (χ4n) is 1.42. The van der Waals surface area contributed by atoms with Crippen molar-refractivity contribution in [3.63, 3.8) is 0 Å². The molecule has 2 aromatic rings. The van der Waals surface area contributed by atoms with Gasteiger partial charge in [-0.25, -0.2) is 4.39 Å². The van der Waals surface area contributed by atoms with E-state index in [-0.39, 0.29) is 5.82 Å². The topological polar surface area (TPSA) is 35.8 Å². The zero-order valence-corrected chi connectivity index (χ0v) is 12.0. The van der Waals surface area contributed by atoms with Crippen molar-refractivity contribution in [3.05, 3.63) is 56.4 Å². The second kappa shape index (κ2) is 5.55. The zero-order chi connectivity index (χ0) is 13.1. The summed E-state index contributed by atoms with van der Waals surface area (Å²) in [5, 5.41) is 12.3. The molecule has 0 amide bonds. The number of anilines is 2. The molecule has 0 fully saturated rings. The van der Waals surface area contributed by atoms with Gasteiger partial charge in [-0.3, -0.25) is 0 Å². The molecule has 0 radical (unpaired) electrons. The smallest absolute Gasteiger partial charge is 0.124 e. The minimum absolute atomic E-state index is 0.282. The van der Waals surface area contributed by atoms with Crippen LogP contribution >= 0.6 is 34.2 Å². The van der Waals surface area contributed by atoms with E-state index in [1.807, 2.05) is 28.7 Å². The average molecular weight is 373 g/mol. The maximum absolute atomic E-state index is 13.0. The van der Waals surface area contributed by atoms with Crippen LogP contribution in [0.1, 0.15) is 5.56 Å². The average Bonchev–Trinajstić information content (AvgIpc) is 2.34. The summed E-state index contributed by atoms with van der Waals surface area (Å²) in [6, 6.07) is 11.4. The van der Waals surface area contributed by atoms with Crippen molar-refractivity contribution >= 4 is 45.6 Å². The van der Waals surface area contributed by atoms with Gasteiger partial charge in [0.05, 0.1) is 28.0 Å². The highest BCUT2D eigenvalue weighted by molar-refractivity contribution is 14.1. The van der Waals surface area contributed by atoms with E-state index in [4.69, 9.17) is 16.9 Å². The van der Waals surface area contributed by atoms with Crippen LogP contribution in [-0.4, -0.2) is 0 Å². The van der Waals surface area contributed by atoms with Crippen LogP contribution in [0.5, 0.6) is 0 Å². The highest BCUT2D eigenvalue weighted by atomic mass is 127. The van der Waals surface area contributed by atoms with E-state index in [1.165, 1.54) is 12.1 Å². The van der Waals surface area contributed by atoms with Crippen LogP contribution in [0.2, 0.25) is 5.02 Å². The molecule has 5 heteroatoms. The Hall–Kier alpha value is -1.32. The SMILES string of the molecule is N#Cc1ccc(Nc2ccc(F)cc2I)c(Cl)c1. The van der Waals surface area contributed by atoms with Gasteiger partial charge in [0.2, 0.25) is 0 Å². The molecule has 2 nitrogen and oxygen atoms in total. The second-order valence-corrected chi connectivity index (χ2v) is 5.12. The lowest BCUT2D eigenvalue weighted by Gasteiger charge is -2.10. The summed E-state index contributed by atoms with van der Waals surface area (Å²) in [7, 11) is 0. The third-order valence-corrected chi connectivity index (χ3v) is 3.50. The maximum Gasteiger partial charge on any atom is 0.124 e. The summed E-state index contributed by atoms with van der Waals surface area (Å²) in [5.41, 5.74) is 1.95. The van der Waals surface area contributed by atoms with Gasteiger partial charge in [0.15, 0.2) is 0 Å². The Labute approximate surface area is 123 Å². The molecule has 0 aliphatic rings. The number of hydrogen-bond donors (Lipinski definition) is 1. The van der Waals surface area contributed by atoms with Crippen LogP contribution in [0.3, 0.4) is 0 Å². The van der Waals surface area contributed by atoms with Gasteiger partial charge < -0.3 is 5.32 Å². The van der Waals surface area contributed by atoms with Gasteiger partial charge in [-0.05, 0) is 59.0 Å². The van der Waals surface area contributed by atoms with E-state index in [0.29, 0.717) is 16.3 Å². The Kier molecular flexibility index (Phi) is 4.04. The standard InChI is InChI=1S/C13H7ClFIN2/c14-10-5-8(7-17)1-3-12(10)18-13-4-2-9(15)6-11(13)16/h1-6,18H. The zero-order valence-electron chi connectivity index (χ0n) is 9.05. The minimum atomic E-state index is -0.282. The van der Waals surface area contributed by atoms with Crippen molar-refractivity contribution < 1.29 is 4.39 Å². The van der Waals surface area contributed by atoms with Crippen molar-refractivity contribution in [1.82, 2.24) is 0 Å². The van der Waals surface area contributed by atoms with Crippen LogP contribution in [0.25, 0.3) is 0 Å². The summed E-state index contributed by atoms with van der Waals surface area (Å²) in [6.07, 6.45) is 0. The highest BCUT2D eigenvalue weighted by Crippen LogP contribution is 2.29. The van der Waals surface area contributed by atoms with Crippen LogP contribution in [0.15, 0.2) is 36.4 Å². The Balaban J connectivity index is 2.32. The van der Waals surface area contributed by atoms with Crippen LogP contribution in [0, 0.1) is 20.7 Å². The largest absolute Gasteiger partial charge is 0.353 e. The molecule has 1 N–H and O–H groups in total. The molecule has 0 aliphatic carbocycles. The molecule has 0 atom stereocenters. The third-order valence-electron chi connectivity index (χ3n) is 2.30. The van der Waals surface area contributed by atoms with E-state index in [0.717, 1.165) is 9.26 Å². The summed E-state index contributed by atoms with van der Waals surface area (Å²) < 4.78 is 13.7. The number of benzene rings is 2. The minimum Gasteiger partial charge on any atom is -0.353 e. The lowest BCUT2D eigenvalue weighted by Crippen LogP contribution is -1.94. The lowest BCUT2D eigenvalue weighted by molar-refractivity contribution is 0.627. The molecule has 0 aliphatic heterocycles. The Morgan fingerprint density at radius 2 is 1.89 bits per heavy atom. The molecule has 90 valence electrons. The van der Waals surface area contributed by atoms with E-state index in [1.54, 1.807) is 24.3 Å². The van der Waals surface area contributed by atoms with Gasteiger partial charge in [0.1, 0.15) is 5.82 Å². The Morgan fingerprint density at radius 3 is 2.50 bits per heavy atom. The first-order chi connectivity index (χ1) is 8.60. The molecule has 0 saturated carbocycles. The number of nitrogens with one attached hydrogen (secondary N) is 1. The predicted octanol–water partition coefficient (Wildman–Crippen LogP) is 4.70. The number of halogens is 3. The van der Waals surface area contributed by atoms with Gasteiger partial charge in [-0.1, -0.05) is 11.6 Å². The normalized spacial score (nSPS) is 9.89. The fourth-order valence-corrected chi connectivity index (χ4v) is 2.26. The molecule has 2 rings (SSSR count). The summed E-state index contributed by atoms with van der Waals surface area (Å²) in [4.78, 5) is 0. The van der Waals surface area contributed by atoms with Gasteiger partial charge in [0, 0.05) is 3.57 Å². The van der Waals surface area contributed by atoms with Gasteiger partial charge in [-0.15, -0.1) is 0 Å². The molecule has 0 spiro atoms. The van der Waals surface area contributed by atoms with Gasteiger partial charge in [0.25, 0.3) is 0 Å². The van der Waals surface area contributed by atoms with Crippen molar-refractivity contribution in [2.45, 2.75) is 0 Å². The predicted molar refractivity (Wildman–Crippen MR) is 78.6 cm³/mol. The monoisotopic (exact) mass is 372 g/mol. The summed E-state index contributed by atoms with van der Waals surface area (Å²) in [5.74, 6) is -0.282. The van der Waals surface area contributed by atoms with Crippen molar-refractivity contribution in [2.24, 2.45) is 0 Å². The van der Waals surface area contributed by atoms with E-state index in [2.05, 4.69) is 5.32 Å². The molecule has 0 bridgehead atoms. The quantitative estimate of drug-likeness (QED) is 0.776. The Morgan fingerprint density at radius 1 is 1.17 bits per heavy atom. The number of rotatable bonds is 2. The summed E-state index contributed by atoms with van der Waals surface area (Å²) in [6.45, 7) is 0. The van der Waals surface area contributed by atoms with E-state index in [9.17, 15) is 4.39 Å². The molecular weight excluding hydrogens is 366 g/mol. The number of nitriles is 1. The molecule has 0 heterocycles. The highest BCUT2D eigenvalue weighted by Gasteiger charge is 2.05.